The van der Waals surface area contributed by atoms with E-state index in [1.165, 1.54) is 11.8 Å². The smallest absolute Gasteiger partial charge is 0.220 e. The summed E-state index contributed by atoms with van der Waals surface area (Å²) >= 11 is 10.9. The van der Waals surface area contributed by atoms with Gasteiger partial charge in [0.1, 0.15) is 23.4 Å². The second-order valence-corrected chi connectivity index (χ2v) is 11.0. The van der Waals surface area contributed by atoms with E-state index in [9.17, 15) is 10.1 Å². The molecular formula is C28H22BrClN4O3S. The number of aromatic nitrogens is 3. The summed E-state index contributed by atoms with van der Waals surface area (Å²) < 4.78 is 8.72. The van der Waals surface area contributed by atoms with Crippen LogP contribution < -0.4 is 4.74 Å². The number of thioether (sulfide) groups is 1. The number of halogens is 2. The Kier molecular flexibility index (Phi) is 7.97. The Labute approximate surface area is 237 Å². The number of hydrogen-bond donors (Lipinski definition) is 0. The molecule has 0 fully saturated rings. The summed E-state index contributed by atoms with van der Waals surface area (Å²) in [5.74, 6) is 1.33. The third kappa shape index (κ3) is 5.85. The maximum absolute atomic E-state index is 11.6. The van der Waals surface area contributed by atoms with Crippen molar-refractivity contribution in [2.24, 2.45) is 0 Å². The molecule has 5 rings (SSSR count). The zero-order chi connectivity index (χ0) is 26.6. The van der Waals surface area contributed by atoms with Crippen LogP contribution in [-0.2, 0) is 6.61 Å². The van der Waals surface area contributed by atoms with Crippen molar-refractivity contribution in [1.29, 1.82) is 0 Å². The normalized spacial score (nSPS) is 12.0. The van der Waals surface area contributed by atoms with Crippen LogP contribution in [0.4, 0.5) is 0 Å². The molecule has 0 bridgehead atoms. The van der Waals surface area contributed by atoms with Crippen molar-refractivity contribution in [3.05, 3.63) is 121 Å². The molecule has 0 N–H and O–H groups in total. The van der Waals surface area contributed by atoms with Crippen molar-refractivity contribution < 1.29 is 9.66 Å². The number of benzene rings is 4. The molecule has 192 valence electrons. The largest absolute Gasteiger partial charge is 0.488 e. The van der Waals surface area contributed by atoms with Gasteiger partial charge >= 0.3 is 0 Å². The molecule has 1 heterocycles. The monoisotopic (exact) mass is 608 g/mol. The molecule has 10 heteroatoms. The van der Waals surface area contributed by atoms with Crippen LogP contribution in [0, 0.1) is 17.0 Å². The van der Waals surface area contributed by atoms with Crippen molar-refractivity contribution in [3.63, 3.8) is 0 Å². The summed E-state index contributed by atoms with van der Waals surface area (Å²) in [6.07, 6.45) is 0. The predicted molar refractivity (Wildman–Crippen MR) is 154 cm³/mol. The lowest BCUT2D eigenvalue weighted by atomic mass is 10.1. The topological polar surface area (TPSA) is 83.1 Å². The van der Waals surface area contributed by atoms with Gasteiger partial charge in [-0.2, -0.15) is 0 Å². The van der Waals surface area contributed by atoms with Gasteiger partial charge in [0.25, 0.3) is 0 Å². The molecule has 0 aliphatic heterocycles. The molecule has 0 spiro atoms. The molecule has 38 heavy (non-hydrogen) atoms. The first-order valence-corrected chi connectivity index (χ1v) is 13.8. The minimum absolute atomic E-state index is 0.278. The molecule has 5 aromatic rings. The lowest BCUT2D eigenvalue weighted by Crippen LogP contribution is -2.11. The molecular weight excluding hydrogens is 588 g/mol. The van der Waals surface area contributed by atoms with Crippen LogP contribution in [0.3, 0.4) is 0 Å². The van der Waals surface area contributed by atoms with Crippen molar-refractivity contribution in [1.82, 2.24) is 14.8 Å². The predicted octanol–water partition coefficient (Wildman–Crippen LogP) is 7.83. The highest BCUT2D eigenvalue weighted by Gasteiger charge is 2.24. The highest BCUT2D eigenvalue weighted by molar-refractivity contribution is 9.10. The fourth-order valence-electron chi connectivity index (χ4n) is 4.19. The van der Waals surface area contributed by atoms with E-state index in [1.807, 2.05) is 66.1 Å². The second kappa shape index (κ2) is 11.6. The Morgan fingerprint density at radius 3 is 2.58 bits per heavy atom. The van der Waals surface area contributed by atoms with Crippen molar-refractivity contribution in [2.75, 3.05) is 6.54 Å². The van der Waals surface area contributed by atoms with Gasteiger partial charge in [-0.15, -0.1) is 10.2 Å². The van der Waals surface area contributed by atoms with Crippen molar-refractivity contribution in [2.45, 2.75) is 23.9 Å². The number of fused-ring (bicyclic) bond motifs is 1. The lowest BCUT2D eigenvalue weighted by Gasteiger charge is -2.16. The molecule has 0 aliphatic carbocycles. The maximum atomic E-state index is 11.6. The van der Waals surface area contributed by atoms with Gasteiger partial charge in [-0.05, 0) is 81.2 Å². The second-order valence-electron chi connectivity index (χ2n) is 8.58. The van der Waals surface area contributed by atoms with Gasteiger partial charge in [0.05, 0.1) is 4.47 Å². The van der Waals surface area contributed by atoms with Gasteiger partial charge in [0, 0.05) is 15.6 Å². The lowest BCUT2D eigenvalue weighted by molar-refractivity contribution is -0.479. The Morgan fingerprint density at radius 1 is 1.05 bits per heavy atom. The molecule has 0 amide bonds. The summed E-state index contributed by atoms with van der Waals surface area (Å²) in [7, 11) is 0. The zero-order valence-electron chi connectivity index (χ0n) is 20.3. The standard InChI is InChI=1S/C28H22BrClN4O3S/c1-18-31-32-28(34(18)23-12-10-22(30)11-13-23)38-27(16-33(35)36)20-9-14-26(25(29)15-20)37-17-21-7-4-6-19-5-2-3-8-24(19)21/h2-15,27H,16-17H2,1H3/t27-/m0/s1. The Bertz CT molecular complexity index is 1600. The minimum Gasteiger partial charge on any atom is -0.488 e. The maximum Gasteiger partial charge on any atom is 0.220 e. The van der Waals surface area contributed by atoms with Gasteiger partial charge in [-0.3, -0.25) is 14.7 Å². The van der Waals surface area contributed by atoms with Crippen LogP contribution in [0.1, 0.15) is 22.2 Å². The van der Waals surface area contributed by atoms with Gasteiger partial charge < -0.3 is 4.74 Å². The molecule has 0 aliphatic rings. The van der Waals surface area contributed by atoms with Crippen LogP contribution in [0.25, 0.3) is 16.5 Å². The van der Waals surface area contributed by atoms with Crippen LogP contribution >= 0.6 is 39.3 Å². The average Bonchev–Trinajstić information content (AvgIpc) is 3.27. The highest BCUT2D eigenvalue weighted by Crippen LogP contribution is 2.39. The van der Waals surface area contributed by atoms with E-state index in [0.717, 1.165) is 32.1 Å². The van der Waals surface area contributed by atoms with Crippen LogP contribution in [0.2, 0.25) is 5.02 Å². The number of hydrogen-bond acceptors (Lipinski definition) is 6. The first-order valence-electron chi connectivity index (χ1n) is 11.7. The van der Waals surface area contributed by atoms with E-state index in [1.54, 1.807) is 12.1 Å². The van der Waals surface area contributed by atoms with Gasteiger partial charge in [-0.1, -0.05) is 71.9 Å². The Balaban J connectivity index is 1.38. The third-order valence-corrected chi connectivity index (χ3v) is 8.09. The molecule has 0 radical (unpaired) electrons. The first kappa shape index (κ1) is 26.2. The Morgan fingerprint density at radius 2 is 1.82 bits per heavy atom. The first-order chi connectivity index (χ1) is 18.4. The summed E-state index contributed by atoms with van der Waals surface area (Å²) in [6.45, 7) is 1.96. The number of aryl methyl sites for hydroxylation is 1. The van der Waals surface area contributed by atoms with E-state index in [2.05, 4.69) is 44.3 Å². The third-order valence-electron chi connectivity index (χ3n) is 6.03. The fourth-order valence-corrected chi connectivity index (χ4v) is 5.99. The van der Waals surface area contributed by atoms with Crippen LogP contribution in [0.5, 0.6) is 5.75 Å². The van der Waals surface area contributed by atoms with Crippen LogP contribution in [0.15, 0.2) is 94.6 Å². The molecule has 0 unspecified atom stereocenters. The summed E-state index contributed by atoms with van der Waals surface area (Å²) in [5.41, 5.74) is 2.69. The molecule has 0 saturated heterocycles. The SMILES string of the molecule is Cc1nnc(S[C@@H](C[N+](=O)[O-])c2ccc(OCc3cccc4ccccc34)c(Br)c2)n1-c1ccc(Cl)cc1. The number of rotatable bonds is 9. The zero-order valence-corrected chi connectivity index (χ0v) is 23.4. The average molecular weight is 610 g/mol. The number of nitrogens with zero attached hydrogens (tertiary/aromatic N) is 4. The van der Waals surface area contributed by atoms with E-state index in [0.29, 0.717) is 28.4 Å². The molecule has 0 saturated carbocycles. The van der Waals surface area contributed by atoms with E-state index < -0.39 is 5.25 Å². The minimum atomic E-state index is -0.497. The van der Waals surface area contributed by atoms with Crippen molar-refractivity contribution in [3.8, 4) is 11.4 Å². The van der Waals surface area contributed by atoms with Gasteiger partial charge in [0.15, 0.2) is 5.16 Å². The van der Waals surface area contributed by atoms with E-state index in [-0.39, 0.29) is 11.5 Å². The summed E-state index contributed by atoms with van der Waals surface area (Å²) in [4.78, 5) is 11.3. The Hall–Kier alpha value is -3.40. The number of nitro groups is 1. The summed E-state index contributed by atoms with van der Waals surface area (Å²) in [5, 5.41) is 23.1. The van der Waals surface area contributed by atoms with Gasteiger partial charge in [-0.25, -0.2) is 0 Å². The van der Waals surface area contributed by atoms with E-state index >= 15 is 0 Å². The molecule has 7 nitrogen and oxygen atoms in total. The van der Waals surface area contributed by atoms with Gasteiger partial charge in [0.2, 0.25) is 6.54 Å². The molecule has 1 aromatic heterocycles. The van der Waals surface area contributed by atoms with Crippen molar-refractivity contribution >= 4 is 50.1 Å². The quantitative estimate of drug-likeness (QED) is 0.0962. The fraction of sp³-hybridized carbons (Fsp3) is 0.143. The van der Waals surface area contributed by atoms with E-state index in [4.69, 9.17) is 16.3 Å². The molecule has 4 aromatic carbocycles. The summed E-state index contributed by atoms with van der Waals surface area (Å²) in [6, 6.07) is 27.2. The highest BCUT2D eigenvalue weighted by atomic mass is 79.9. The molecule has 1 atom stereocenters. The van der Waals surface area contributed by atoms with Crippen LogP contribution in [-0.4, -0.2) is 26.2 Å². The number of ether oxygens (including phenoxy) is 1.